The molecule has 0 aromatic heterocycles. The molecule has 1 heterocycles. The van der Waals surface area contributed by atoms with E-state index in [2.05, 4.69) is 18.2 Å². The fourth-order valence-electron chi connectivity index (χ4n) is 6.78. The van der Waals surface area contributed by atoms with Crippen LogP contribution in [0.25, 0.3) is 10.8 Å². The molecule has 0 radical (unpaired) electrons. The lowest BCUT2D eigenvalue weighted by Crippen LogP contribution is -2.67. The molecule has 0 bridgehead atoms. The maximum atomic E-state index is 13.8. The summed E-state index contributed by atoms with van der Waals surface area (Å²) in [6.07, 6.45) is -3.92. The third-order valence-corrected chi connectivity index (χ3v) is 9.67. The Kier molecular flexibility index (Phi) is 11.6. The van der Waals surface area contributed by atoms with Crippen LogP contribution in [0, 0.1) is 12.8 Å². The second kappa shape index (κ2) is 15.7. The van der Waals surface area contributed by atoms with E-state index in [1.165, 1.54) is 11.6 Å². The zero-order valence-corrected chi connectivity index (χ0v) is 28.6. The Labute approximate surface area is 291 Å². The number of phenolic OH excluding ortho intramolecular Hbond substituents is 1. The van der Waals surface area contributed by atoms with Crippen molar-refractivity contribution in [3.05, 3.63) is 106 Å². The lowest BCUT2D eigenvalue weighted by Gasteiger charge is -2.48. The quantitative estimate of drug-likeness (QED) is 0.0976. The average Bonchev–Trinajstić information content (AvgIpc) is 3.09. The number of hydrogen-bond donors (Lipinski definition) is 6. The Morgan fingerprint density at radius 3 is 2.24 bits per heavy atom. The van der Waals surface area contributed by atoms with Crippen LogP contribution in [0.1, 0.15) is 76.1 Å². The van der Waals surface area contributed by atoms with Crippen molar-refractivity contribution in [2.45, 2.75) is 89.5 Å². The first-order valence-corrected chi connectivity index (χ1v) is 17.0. The standard InChI is InChI=1S/C40H46O10/c1-23(2)17-18-40(48)32(22-41)50-39(36(44)37(40)45)49-31-21-29(38(46)47)20-28-19-24(3)33(35(43)34(28)31)30(42)16-15-27-12-8-7-11-26(27)14-13-25-9-5-4-6-10-25/h4-12,19-21,23,32,36-37,39,41,43-45,48H,13-18,22H2,1-3H3,(H,46,47)/t32-,36-,37-,39-,40-/m1/s1. The van der Waals surface area contributed by atoms with Gasteiger partial charge in [-0.2, -0.15) is 0 Å². The van der Waals surface area contributed by atoms with Gasteiger partial charge in [-0.15, -0.1) is 0 Å². The fourth-order valence-corrected chi connectivity index (χ4v) is 6.78. The maximum Gasteiger partial charge on any atom is 0.335 e. The third-order valence-electron chi connectivity index (χ3n) is 9.67. The number of aromatic hydroxyl groups is 1. The summed E-state index contributed by atoms with van der Waals surface area (Å²) in [6.45, 7) is 4.81. The molecular weight excluding hydrogens is 640 g/mol. The summed E-state index contributed by atoms with van der Waals surface area (Å²) in [5.74, 6) is -2.11. The largest absolute Gasteiger partial charge is 0.506 e. The zero-order chi connectivity index (χ0) is 36.2. The molecule has 6 N–H and O–H groups in total. The maximum absolute atomic E-state index is 13.8. The van der Waals surface area contributed by atoms with Crippen LogP contribution < -0.4 is 4.74 Å². The molecule has 0 aliphatic carbocycles. The first-order valence-electron chi connectivity index (χ1n) is 17.0. The molecule has 0 unspecified atom stereocenters. The Hall–Kier alpha value is -4.32. The fraction of sp³-hybridized carbons (Fsp3) is 0.400. The predicted octanol–water partition coefficient (Wildman–Crippen LogP) is 5.14. The van der Waals surface area contributed by atoms with Crippen LogP contribution in [0.3, 0.4) is 0 Å². The number of aliphatic hydroxyl groups is 4. The van der Waals surface area contributed by atoms with Crippen LogP contribution in [-0.2, 0) is 24.0 Å². The van der Waals surface area contributed by atoms with Gasteiger partial charge in [-0.05, 0) is 84.7 Å². The van der Waals surface area contributed by atoms with Gasteiger partial charge in [0.15, 0.2) is 5.78 Å². The number of carbonyl (C=O) groups is 2. The van der Waals surface area contributed by atoms with E-state index >= 15 is 0 Å². The number of rotatable bonds is 14. The number of aryl methyl sites for hydroxylation is 4. The summed E-state index contributed by atoms with van der Waals surface area (Å²) in [5, 5.41) is 65.2. The number of carbonyl (C=O) groups excluding carboxylic acids is 1. The van der Waals surface area contributed by atoms with Crippen molar-refractivity contribution in [1.82, 2.24) is 0 Å². The highest BCUT2D eigenvalue weighted by Gasteiger charge is 2.55. The van der Waals surface area contributed by atoms with E-state index in [0.29, 0.717) is 18.4 Å². The highest BCUT2D eigenvalue weighted by Crippen LogP contribution is 2.42. The third kappa shape index (κ3) is 7.85. The minimum Gasteiger partial charge on any atom is -0.506 e. The number of phenols is 1. The van der Waals surface area contributed by atoms with Gasteiger partial charge in [0.1, 0.15) is 35.4 Å². The SMILES string of the molecule is Cc1cc2cc(C(=O)O)cc(O[C@@H]3O[C@H](CO)[C@](O)(CCC(C)C)[C@H](O)[C@H]3O)c2c(O)c1C(=O)CCc1ccccc1CCc1ccccc1. The van der Waals surface area contributed by atoms with Crippen LogP contribution in [0.5, 0.6) is 11.5 Å². The van der Waals surface area contributed by atoms with Crippen LogP contribution in [0.15, 0.2) is 72.8 Å². The molecule has 1 aliphatic rings. The van der Waals surface area contributed by atoms with Gasteiger partial charge in [-0.3, -0.25) is 4.79 Å². The number of hydrogen-bond acceptors (Lipinski definition) is 9. The van der Waals surface area contributed by atoms with Crippen molar-refractivity contribution >= 4 is 22.5 Å². The molecular formula is C40H46O10. The minimum atomic E-state index is -1.98. The van der Waals surface area contributed by atoms with Crippen molar-refractivity contribution in [3.63, 3.8) is 0 Å². The Morgan fingerprint density at radius 1 is 0.940 bits per heavy atom. The molecule has 0 spiro atoms. The lowest BCUT2D eigenvalue weighted by molar-refractivity contribution is -0.315. The Morgan fingerprint density at radius 2 is 1.60 bits per heavy atom. The van der Waals surface area contributed by atoms with E-state index in [1.807, 2.05) is 50.2 Å². The van der Waals surface area contributed by atoms with Crippen molar-refractivity contribution in [1.29, 1.82) is 0 Å². The smallest absolute Gasteiger partial charge is 0.335 e. The monoisotopic (exact) mass is 686 g/mol. The molecule has 4 aromatic rings. The molecule has 10 nitrogen and oxygen atoms in total. The summed E-state index contributed by atoms with van der Waals surface area (Å²) in [6, 6.07) is 22.2. The molecule has 1 aliphatic heterocycles. The van der Waals surface area contributed by atoms with E-state index in [-0.39, 0.29) is 52.2 Å². The van der Waals surface area contributed by atoms with Gasteiger partial charge >= 0.3 is 5.97 Å². The van der Waals surface area contributed by atoms with Gasteiger partial charge in [0.05, 0.1) is 23.1 Å². The number of ketones is 1. The van der Waals surface area contributed by atoms with E-state index in [9.17, 15) is 40.2 Å². The first-order chi connectivity index (χ1) is 23.8. The van der Waals surface area contributed by atoms with E-state index in [1.54, 1.807) is 13.0 Å². The normalized spacial score (nSPS) is 22.2. The first kappa shape index (κ1) is 36.9. The Balaban J connectivity index is 1.44. The molecule has 1 saturated heterocycles. The summed E-state index contributed by atoms with van der Waals surface area (Å²) >= 11 is 0. The Bertz CT molecular complexity index is 1820. The zero-order valence-electron chi connectivity index (χ0n) is 28.6. The number of aliphatic hydroxyl groups excluding tert-OH is 3. The second-order valence-corrected chi connectivity index (χ2v) is 13.6. The summed E-state index contributed by atoms with van der Waals surface area (Å²) in [5.41, 5.74) is 1.68. The summed E-state index contributed by atoms with van der Waals surface area (Å²) < 4.78 is 11.7. The minimum absolute atomic E-state index is 0.0127. The van der Waals surface area contributed by atoms with E-state index < -0.39 is 48.5 Å². The van der Waals surface area contributed by atoms with Gasteiger partial charge < -0.3 is 40.1 Å². The van der Waals surface area contributed by atoms with Gasteiger partial charge in [-0.25, -0.2) is 4.79 Å². The van der Waals surface area contributed by atoms with Gasteiger partial charge in [0.25, 0.3) is 0 Å². The highest BCUT2D eigenvalue weighted by atomic mass is 16.7. The van der Waals surface area contributed by atoms with E-state index in [4.69, 9.17) is 9.47 Å². The number of benzene rings is 4. The molecule has 5 atom stereocenters. The number of ether oxygens (including phenoxy) is 2. The molecule has 10 heteroatoms. The molecule has 266 valence electrons. The summed E-state index contributed by atoms with van der Waals surface area (Å²) in [4.78, 5) is 25.9. The topological polar surface area (TPSA) is 174 Å². The van der Waals surface area contributed by atoms with Crippen molar-refractivity contribution in [2.24, 2.45) is 5.92 Å². The van der Waals surface area contributed by atoms with Gasteiger partial charge in [0.2, 0.25) is 6.29 Å². The molecule has 4 aromatic carbocycles. The molecule has 1 fully saturated rings. The van der Waals surface area contributed by atoms with Crippen LogP contribution >= 0.6 is 0 Å². The van der Waals surface area contributed by atoms with Crippen molar-refractivity contribution in [3.8, 4) is 11.5 Å². The molecule has 50 heavy (non-hydrogen) atoms. The number of Topliss-reactive ketones (excluding diaryl/α,β-unsaturated/α-hetero) is 1. The molecule has 5 rings (SSSR count). The van der Waals surface area contributed by atoms with Gasteiger partial charge in [0, 0.05) is 6.42 Å². The number of aromatic carboxylic acids is 1. The molecule has 0 amide bonds. The second-order valence-electron chi connectivity index (χ2n) is 13.6. The summed E-state index contributed by atoms with van der Waals surface area (Å²) in [7, 11) is 0. The average molecular weight is 687 g/mol. The highest BCUT2D eigenvalue weighted by molar-refractivity contribution is 6.09. The van der Waals surface area contributed by atoms with Gasteiger partial charge in [-0.1, -0.05) is 74.5 Å². The molecule has 0 saturated carbocycles. The number of carboxylic acid groups (broad SMARTS) is 1. The van der Waals surface area contributed by atoms with Crippen molar-refractivity contribution in [2.75, 3.05) is 6.61 Å². The van der Waals surface area contributed by atoms with Crippen molar-refractivity contribution < 1.29 is 49.7 Å². The lowest BCUT2D eigenvalue weighted by atomic mass is 9.79. The van der Waals surface area contributed by atoms with E-state index in [0.717, 1.165) is 30.0 Å². The van der Waals surface area contributed by atoms with Crippen LogP contribution in [0.2, 0.25) is 0 Å². The number of carboxylic acids is 1. The van der Waals surface area contributed by atoms with Crippen LogP contribution in [0.4, 0.5) is 0 Å². The van der Waals surface area contributed by atoms with Crippen LogP contribution in [-0.4, -0.2) is 79.2 Å². The predicted molar refractivity (Wildman–Crippen MR) is 188 cm³/mol. The number of fused-ring (bicyclic) bond motifs is 1.